The molecule has 36 heavy (non-hydrogen) atoms. The maximum atomic E-state index is 13.3. The summed E-state index contributed by atoms with van der Waals surface area (Å²) in [5.74, 6) is -1.24. The molecular formula is C29H27NO6. The van der Waals surface area contributed by atoms with E-state index in [4.69, 9.17) is 4.42 Å². The van der Waals surface area contributed by atoms with E-state index in [-0.39, 0.29) is 46.1 Å². The largest absolute Gasteiger partial charge is 0.508 e. The van der Waals surface area contributed by atoms with Gasteiger partial charge in [-0.3, -0.25) is 9.59 Å². The van der Waals surface area contributed by atoms with Crippen molar-refractivity contribution in [2.45, 2.75) is 31.6 Å². The summed E-state index contributed by atoms with van der Waals surface area (Å²) in [6.07, 6.45) is 2.95. The number of benzene rings is 3. The molecule has 1 saturated heterocycles. The monoisotopic (exact) mass is 485 g/mol. The van der Waals surface area contributed by atoms with Crippen LogP contribution >= 0.6 is 0 Å². The molecule has 184 valence electrons. The second kappa shape index (κ2) is 9.77. The third kappa shape index (κ3) is 4.52. The Morgan fingerprint density at radius 2 is 1.64 bits per heavy atom. The van der Waals surface area contributed by atoms with Gasteiger partial charge >= 0.3 is 0 Å². The van der Waals surface area contributed by atoms with Crippen molar-refractivity contribution in [3.63, 3.8) is 0 Å². The first-order valence-corrected chi connectivity index (χ1v) is 12.1. The Morgan fingerprint density at radius 1 is 0.889 bits per heavy atom. The molecule has 1 aliphatic heterocycles. The molecule has 0 aliphatic carbocycles. The molecule has 0 bridgehead atoms. The fraction of sp³-hybridized carbons (Fsp3) is 0.241. The van der Waals surface area contributed by atoms with E-state index < -0.39 is 17.1 Å². The van der Waals surface area contributed by atoms with Crippen LogP contribution in [0.15, 0.2) is 75.9 Å². The van der Waals surface area contributed by atoms with Gasteiger partial charge in [-0.1, -0.05) is 42.5 Å². The van der Waals surface area contributed by atoms with Crippen molar-refractivity contribution in [2.24, 2.45) is 0 Å². The summed E-state index contributed by atoms with van der Waals surface area (Å²) < 4.78 is 6.17. The predicted octanol–water partition coefficient (Wildman–Crippen LogP) is 5.11. The zero-order chi connectivity index (χ0) is 25.2. The number of amides is 1. The predicted molar refractivity (Wildman–Crippen MR) is 136 cm³/mol. The first kappa shape index (κ1) is 23.5. The molecular weight excluding hydrogens is 458 g/mol. The Labute approximate surface area is 207 Å². The van der Waals surface area contributed by atoms with Crippen LogP contribution in [0, 0.1) is 0 Å². The van der Waals surface area contributed by atoms with Crippen molar-refractivity contribution >= 4 is 16.9 Å². The fourth-order valence-corrected chi connectivity index (χ4v) is 4.98. The molecule has 1 aromatic heterocycles. The highest BCUT2D eigenvalue weighted by Crippen LogP contribution is 2.43. The van der Waals surface area contributed by atoms with Gasteiger partial charge in [-0.25, -0.2) is 0 Å². The Morgan fingerprint density at radius 3 is 2.36 bits per heavy atom. The fourth-order valence-electron chi connectivity index (χ4n) is 4.98. The number of aromatic hydroxyl groups is 3. The molecule has 0 spiro atoms. The van der Waals surface area contributed by atoms with E-state index in [1.165, 1.54) is 18.2 Å². The Hall–Kier alpha value is -4.26. The van der Waals surface area contributed by atoms with Crippen molar-refractivity contribution in [2.75, 3.05) is 13.1 Å². The zero-order valence-electron chi connectivity index (χ0n) is 19.7. The highest BCUT2D eigenvalue weighted by atomic mass is 16.3. The van der Waals surface area contributed by atoms with Crippen LogP contribution in [0.3, 0.4) is 0 Å². The van der Waals surface area contributed by atoms with Crippen LogP contribution in [-0.2, 0) is 4.79 Å². The summed E-state index contributed by atoms with van der Waals surface area (Å²) in [7, 11) is 0. The van der Waals surface area contributed by atoms with Gasteiger partial charge < -0.3 is 24.6 Å². The van der Waals surface area contributed by atoms with Crippen LogP contribution in [0.2, 0.25) is 0 Å². The lowest BCUT2D eigenvalue weighted by Crippen LogP contribution is -2.36. The topological polar surface area (TPSA) is 111 Å². The maximum absolute atomic E-state index is 13.3. The second-order valence-electron chi connectivity index (χ2n) is 9.17. The van der Waals surface area contributed by atoms with Crippen molar-refractivity contribution in [1.29, 1.82) is 0 Å². The molecule has 0 saturated carbocycles. The van der Waals surface area contributed by atoms with E-state index >= 15 is 0 Å². The molecule has 3 N–H and O–H groups in total. The Bertz CT molecular complexity index is 1470. The molecule has 0 radical (unpaired) electrons. The van der Waals surface area contributed by atoms with Crippen LogP contribution in [0.1, 0.15) is 42.7 Å². The van der Waals surface area contributed by atoms with E-state index in [1.807, 2.05) is 23.1 Å². The first-order chi connectivity index (χ1) is 17.4. The maximum Gasteiger partial charge on any atom is 0.223 e. The van der Waals surface area contributed by atoms with E-state index in [1.54, 1.807) is 24.3 Å². The van der Waals surface area contributed by atoms with Crippen LogP contribution in [0.5, 0.6) is 17.2 Å². The minimum atomic E-state index is -0.733. The average molecular weight is 486 g/mol. The number of hydrogen-bond donors (Lipinski definition) is 3. The first-order valence-electron chi connectivity index (χ1n) is 12.1. The third-order valence-corrected chi connectivity index (χ3v) is 6.76. The van der Waals surface area contributed by atoms with Crippen LogP contribution in [0.4, 0.5) is 0 Å². The van der Waals surface area contributed by atoms with E-state index in [2.05, 4.69) is 0 Å². The standard InChI is InChI=1S/C29H27NO6/c31-20-11-7-10-19(14-20)21(15-26(35)30-12-5-2-6-13-30)27-22(32)16-23(33)28-24(34)17-25(36-29(27)28)18-8-3-1-4-9-18/h1,3-4,7-11,14,16-17,21,31-33H,2,5-6,12-13,15H2. The second-order valence-corrected chi connectivity index (χ2v) is 9.17. The summed E-state index contributed by atoms with van der Waals surface area (Å²) >= 11 is 0. The normalized spacial score (nSPS) is 14.6. The number of hydrogen-bond acceptors (Lipinski definition) is 6. The van der Waals surface area contributed by atoms with Gasteiger partial charge in [0.2, 0.25) is 5.91 Å². The SMILES string of the molecule is O=C(CC(c1cccc(O)c1)c1c(O)cc(O)c2c(=O)cc(-c3ccccc3)oc12)N1CCCCC1. The van der Waals surface area contributed by atoms with Crippen molar-refractivity contribution in [3.8, 4) is 28.6 Å². The van der Waals surface area contributed by atoms with Crippen LogP contribution < -0.4 is 5.43 Å². The van der Waals surface area contributed by atoms with Gasteiger partial charge in [0.1, 0.15) is 34.0 Å². The zero-order valence-corrected chi connectivity index (χ0v) is 19.7. The molecule has 3 aromatic carbocycles. The van der Waals surface area contributed by atoms with E-state index in [0.717, 1.165) is 25.3 Å². The van der Waals surface area contributed by atoms with Gasteiger partial charge in [0.25, 0.3) is 0 Å². The number of carbonyl (C=O) groups is 1. The lowest BCUT2D eigenvalue weighted by molar-refractivity contribution is -0.132. The van der Waals surface area contributed by atoms with Gasteiger partial charge in [-0.05, 0) is 37.0 Å². The number of rotatable bonds is 5. The number of phenols is 3. The quantitative estimate of drug-likeness (QED) is 0.362. The molecule has 1 amide bonds. The van der Waals surface area contributed by atoms with Gasteiger partial charge in [-0.2, -0.15) is 0 Å². The van der Waals surface area contributed by atoms with E-state index in [0.29, 0.717) is 24.2 Å². The summed E-state index contributed by atoms with van der Waals surface area (Å²) in [5.41, 5.74) is 0.997. The number of piperidine rings is 1. The minimum Gasteiger partial charge on any atom is -0.508 e. The number of phenolic OH excluding ortho intramolecular Hbond substituents is 3. The van der Waals surface area contributed by atoms with E-state index in [9.17, 15) is 24.9 Å². The highest BCUT2D eigenvalue weighted by molar-refractivity contribution is 5.91. The summed E-state index contributed by atoms with van der Waals surface area (Å²) in [6.45, 7) is 1.34. The third-order valence-electron chi connectivity index (χ3n) is 6.76. The molecule has 1 unspecified atom stereocenters. The van der Waals surface area contributed by atoms with Crippen molar-refractivity contribution in [1.82, 2.24) is 4.90 Å². The lowest BCUT2D eigenvalue weighted by Gasteiger charge is -2.29. The highest BCUT2D eigenvalue weighted by Gasteiger charge is 2.30. The smallest absolute Gasteiger partial charge is 0.223 e. The summed E-state index contributed by atoms with van der Waals surface area (Å²) in [5, 5.41) is 31.7. The molecule has 7 nitrogen and oxygen atoms in total. The number of fused-ring (bicyclic) bond motifs is 1. The number of carbonyl (C=O) groups excluding carboxylic acids is 1. The molecule has 5 rings (SSSR count). The van der Waals surface area contributed by atoms with Crippen LogP contribution in [-0.4, -0.2) is 39.2 Å². The lowest BCUT2D eigenvalue weighted by atomic mass is 9.85. The summed E-state index contributed by atoms with van der Waals surface area (Å²) in [4.78, 5) is 28.3. The summed E-state index contributed by atoms with van der Waals surface area (Å²) in [6, 6.07) is 17.9. The van der Waals surface area contributed by atoms with Gasteiger partial charge in [0.15, 0.2) is 5.43 Å². The molecule has 4 aromatic rings. The Kier molecular flexibility index (Phi) is 6.38. The van der Waals surface area contributed by atoms with Gasteiger partial charge in [0.05, 0.1) is 0 Å². The molecule has 7 heteroatoms. The average Bonchev–Trinajstić information content (AvgIpc) is 2.88. The van der Waals surface area contributed by atoms with Crippen LogP contribution in [0.25, 0.3) is 22.3 Å². The Balaban J connectivity index is 1.72. The molecule has 1 fully saturated rings. The number of nitrogens with zero attached hydrogens (tertiary/aromatic N) is 1. The van der Waals surface area contributed by atoms with Crippen molar-refractivity contribution in [3.05, 3.63) is 88.1 Å². The van der Waals surface area contributed by atoms with Crippen molar-refractivity contribution < 1.29 is 24.5 Å². The molecule has 1 atom stereocenters. The minimum absolute atomic E-state index is 0.00381. The van der Waals surface area contributed by atoms with Gasteiger partial charge in [-0.15, -0.1) is 0 Å². The van der Waals surface area contributed by atoms with Gasteiger partial charge in [0, 0.05) is 48.7 Å². The molecule has 1 aliphatic rings. The molecule has 2 heterocycles. The number of likely N-dealkylation sites (tertiary alicyclic amines) is 1.